The monoisotopic (exact) mass is 605 g/mol. The smallest absolute Gasteiger partial charge is 0.480 e. The molecular formula is C25H34F3N5O7S. The second-order valence-electron chi connectivity index (χ2n) is 9.50. The Morgan fingerprint density at radius 2 is 1.71 bits per heavy atom. The van der Waals surface area contributed by atoms with Crippen molar-refractivity contribution in [3.63, 3.8) is 0 Å². The number of amides is 4. The van der Waals surface area contributed by atoms with E-state index in [4.69, 9.17) is 15.6 Å². The van der Waals surface area contributed by atoms with Gasteiger partial charge in [-0.2, -0.15) is 24.9 Å². The highest BCUT2D eigenvalue weighted by Gasteiger charge is 2.42. The molecule has 2 fully saturated rings. The number of benzene rings is 1. The van der Waals surface area contributed by atoms with Gasteiger partial charge in [0.05, 0.1) is 12.1 Å². The molecule has 41 heavy (non-hydrogen) atoms. The van der Waals surface area contributed by atoms with E-state index in [9.17, 15) is 37.5 Å². The van der Waals surface area contributed by atoms with Crippen LogP contribution in [0.1, 0.15) is 55.3 Å². The molecule has 0 aromatic heterocycles. The fraction of sp³-hybridized carbons (Fsp3) is 0.560. The summed E-state index contributed by atoms with van der Waals surface area (Å²) in [6, 6.07) is 5.60. The lowest BCUT2D eigenvalue weighted by Gasteiger charge is -2.16. The predicted octanol–water partition coefficient (Wildman–Crippen LogP) is 2.10. The Balaban J connectivity index is 0.000000745. The third kappa shape index (κ3) is 11.8. The number of carbonyl (C=O) groups is 5. The van der Waals surface area contributed by atoms with E-state index in [1.54, 1.807) is 24.3 Å². The molecule has 16 heteroatoms. The first kappa shape index (κ1) is 33.5. The summed E-state index contributed by atoms with van der Waals surface area (Å²) in [7, 11) is 0. The number of nitrogens with two attached hydrogens (primary N) is 1. The van der Waals surface area contributed by atoms with Gasteiger partial charge in [-0.05, 0) is 56.4 Å². The number of carboxylic acid groups (broad SMARTS) is 2. The van der Waals surface area contributed by atoms with E-state index in [0.29, 0.717) is 42.3 Å². The summed E-state index contributed by atoms with van der Waals surface area (Å²) in [4.78, 5) is 56.1. The number of fused-ring (bicyclic) bond motifs is 1. The van der Waals surface area contributed by atoms with Crippen LogP contribution in [0.25, 0.3) is 0 Å². The minimum atomic E-state index is -5.08. The second kappa shape index (κ2) is 15.9. The van der Waals surface area contributed by atoms with Gasteiger partial charge in [-0.15, -0.1) is 0 Å². The van der Waals surface area contributed by atoms with Crippen molar-refractivity contribution in [2.24, 2.45) is 0 Å². The number of alkyl halides is 3. The molecule has 2 unspecified atom stereocenters. The maximum Gasteiger partial charge on any atom is 0.490 e. The zero-order valence-electron chi connectivity index (χ0n) is 22.0. The highest BCUT2D eigenvalue weighted by atomic mass is 32.2. The van der Waals surface area contributed by atoms with E-state index in [2.05, 4.69) is 21.3 Å². The first-order valence-electron chi connectivity index (χ1n) is 12.9. The van der Waals surface area contributed by atoms with Gasteiger partial charge in [0.15, 0.2) is 0 Å². The van der Waals surface area contributed by atoms with Gasteiger partial charge in [-0.3, -0.25) is 9.59 Å². The zero-order valence-corrected chi connectivity index (χ0v) is 22.9. The number of urea groups is 1. The molecule has 2 heterocycles. The lowest BCUT2D eigenvalue weighted by Crippen LogP contribution is -2.40. The number of hydrogen-bond donors (Lipinski definition) is 7. The molecule has 12 nitrogen and oxygen atoms in total. The van der Waals surface area contributed by atoms with E-state index in [0.717, 1.165) is 25.0 Å². The zero-order chi connectivity index (χ0) is 30.6. The average molecular weight is 606 g/mol. The molecule has 4 amide bonds. The summed E-state index contributed by atoms with van der Waals surface area (Å²) in [5.41, 5.74) is 6.48. The van der Waals surface area contributed by atoms with Crippen LogP contribution >= 0.6 is 11.8 Å². The van der Waals surface area contributed by atoms with Crippen molar-refractivity contribution < 1.29 is 47.4 Å². The number of carbonyl (C=O) groups excluding carboxylic acids is 3. The van der Waals surface area contributed by atoms with Gasteiger partial charge in [-0.1, -0.05) is 6.42 Å². The number of nitrogen functional groups attached to an aromatic ring is 1. The van der Waals surface area contributed by atoms with Crippen LogP contribution in [0.4, 0.5) is 23.7 Å². The van der Waals surface area contributed by atoms with Gasteiger partial charge < -0.3 is 37.2 Å². The molecule has 0 radical (unpaired) electrons. The molecular weight excluding hydrogens is 571 g/mol. The van der Waals surface area contributed by atoms with E-state index in [1.165, 1.54) is 0 Å². The Kier molecular flexibility index (Phi) is 13.0. The number of aliphatic carboxylic acids is 2. The van der Waals surface area contributed by atoms with E-state index >= 15 is 0 Å². The number of unbranched alkanes of at least 4 members (excludes halogenated alkanes) is 2. The molecule has 2 saturated heterocycles. The summed E-state index contributed by atoms with van der Waals surface area (Å²) in [6.07, 6.45) is -0.482. The van der Waals surface area contributed by atoms with Crippen molar-refractivity contribution in [1.82, 2.24) is 21.3 Å². The second-order valence-corrected chi connectivity index (χ2v) is 10.8. The molecule has 0 saturated carbocycles. The average Bonchev–Trinajstić information content (AvgIpc) is 3.44. The minimum absolute atomic E-state index is 0.0146. The van der Waals surface area contributed by atoms with Crippen LogP contribution < -0.4 is 27.0 Å². The molecule has 4 atom stereocenters. The lowest BCUT2D eigenvalue weighted by atomic mass is 10.0. The first-order chi connectivity index (χ1) is 19.3. The quantitative estimate of drug-likeness (QED) is 0.0999. The van der Waals surface area contributed by atoms with Gasteiger partial charge in [-0.25, -0.2) is 14.4 Å². The van der Waals surface area contributed by atoms with Gasteiger partial charge in [0.1, 0.15) is 6.04 Å². The molecule has 1 aromatic carbocycles. The Morgan fingerprint density at radius 1 is 1.05 bits per heavy atom. The standard InChI is InChI=1S/C23H33N5O5S.C2HF3O2/c24-15-10-8-14(9-11-15)21(30)26-16(22(31)32)5-3-4-12-25-19(29)7-2-1-6-18-20-17(13-34-18)27-23(33)28-20;3-2(4,5)1(6)7/h8-11,16-18,20H,1-7,12-13,24H2,(H,25,29)(H,26,30)(H,31,32)(H2,27,28,33);(H,6,7)/t16?,17-,18?,20-;/m0./s1. The third-order valence-corrected chi connectivity index (χ3v) is 7.85. The number of hydrogen-bond acceptors (Lipinski definition) is 7. The van der Waals surface area contributed by atoms with Crippen LogP contribution in [0.5, 0.6) is 0 Å². The van der Waals surface area contributed by atoms with Crippen LogP contribution in [0.3, 0.4) is 0 Å². The fourth-order valence-corrected chi connectivity index (χ4v) is 5.74. The van der Waals surface area contributed by atoms with Crippen molar-refractivity contribution in [2.75, 3.05) is 18.0 Å². The van der Waals surface area contributed by atoms with Gasteiger partial charge >= 0.3 is 24.1 Å². The van der Waals surface area contributed by atoms with Crippen LogP contribution in [-0.4, -0.2) is 81.8 Å². The molecule has 1 aromatic rings. The van der Waals surface area contributed by atoms with Crippen molar-refractivity contribution in [3.8, 4) is 0 Å². The molecule has 2 aliphatic rings. The Hall–Kier alpha value is -3.69. The van der Waals surface area contributed by atoms with Crippen molar-refractivity contribution in [1.29, 1.82) is 0 Å². The molecule has 0 spiro atoms. The maximum absolute atomic E-state index is 12.2. The first-order valence-corrected chi connectivity index (χ1v) is 14.0. The maximum atomic E-state index is 12.2. The van der Waals surface area contributed by atoms with Crippen molar-refractivity contribution in [2.45, 2.75) is 74.5 Å². The highest BCUT2D eigenvalue weighted by Crippen LogP contribution is 2.33. The largest absolute Gasteiger partial charge is 0.490 e. The van der Waals surface area contributed by atoms with Crippen LogP contribution in [-0.2, 0) is 14.4 Å². The van der Waals surface area contributed by atoms with Gasteiger partial charge in [0, 0.05) is 35.2 Å². The van der Waals surface area contributed by atoms with Gasteiger partial charge in [0.2, 0.25) is 5.91 Å². The van der Waals surface area contributed by atoms with Crippen LogP contribution in [0.2, 0.25) is 0 Å². The van der Waals surface area contributed by atoms with E-state index in [-0.39, 0.29) is 30.4 Å². The molecule has 2 aliphatic heterocycles. The number of rotatable bonds is 13. The summed E-state index contributed by atoms with van der Waals surface area (Å²) in [5, 5.41) is 28.2. The van der Waals surface area contributed by atoms with Crippen molar-refractivity contribution in [3.05, 3.63) is 29.8 Å². The SMILES string of the molecule is Nc1ccc(C(=O)NC(CCCCNC(=O)CCCCC2SC[C@@H]3NC(=O)N[C@H]23)C(=O)O)cc1.O=C(O)C(F)(F)F. The van der Waals surface area contributed by atoms with E-state index < -0.39 is 30.1 Å². The third-order valence-electron chi connectivity index (χ3n) is 6.34. The Bertz CT molecular complexity index is 1070. The van der Waals surface area contributed by atoms with Crippen molar-refractivity contribution >= 4 is 47.2 Å². The summed E-state index contributed by atoms with van der Waals surface area (Å²) in [5.74, 6) is -3.39. The van der Waals surface area contributed by atoms with Crippen LogP contribution in [0.15, 0.2) is 24.3 Å². The normalized spacial score (nSPS) is 20.0. The van der Waals surface area contributed by atoms with Gasteiger partial charge in [0.25, 0.3) is 5.91 Å². The molecule has 3 rings (SSSR count). The molecule has 228 valence electrons. The minimum Gasteiger partial charge on any atom is -0.480 e. The summed E-state index contributed by atoms with van der Waals surface area (Å²) < 4.78 is 31.7. The Labute approximate surface area is 238 Å². The van der Waals surface area contributed by atoms with E-state index in [1.807, 2.05) is 11.8 Å². The number of halogens is 3. The Morgan fingerprint density at radius 3 is 2.32 bits per heavy atom. The highest BCUT2D eigenvalue weighted by molar-refractivity contribution is 8.00. The lowest BCUT2D eigenvalue weighted by molar-refractivity contribution is -0.192. The molecule has 8 N–H and O–H groups in total. The summed E-state index contributed by atoms with van der Waals surface area (Å²) >= 11 is 1.87. The topological polar surface area (TPSA) is 200 Å². The number of thioether (sulfide) groups is 1. The molecule has 0 bridgehead atoms. The fourth-order valence-electron chi connectivity index (χ4n) is 4.20. The number of carboxylic acids is 2. The molecule has 0 aliphatic carbocycles. The number of anilines is 1. The summed E-state index contributed by atoms with van der Waals surface area (Å²) in [6.45, 7) is 0.469. The predicted molar refractivity (Wildman–Crippen MR) is 144 cm³/mol. The van der Waals surface area contributed by atoms with Crippen LogP contribution in [0, 0.1) is 0 Å². The number of nitrogens with one attached hydrogen (secondary N) is 4.